The van der Waals surface area contributed by atoms with Gasteiger partial charge in [-0.3, -0.25) is 4.99 Å². The number of hydrogen-bond acceptors (Lipinski definition) is 2. The largest absolute Gasteiger partial charge is 0.356 e. The van der Waals surface area contributed by atoms with Crippen LogP contribution in [-0.2, 0) is 13.0 Å². The SMILES string of the molecule is CN=C(NCCc1cc(F)ccc1F)NCc1sccc1C.I. The lowest BCUT2D eigenvalue weighted by atomic mass is 10.1. The van der Waals surface area contributed by atoms with Crippen LogP contribution in [-0.4, -0.2) is 19.6 Å². The number of hydrogen-bond donors (Lipinski definition) is 2. The Balaban J connectivity index is 0.00000264. The van der Waals surface area contributed by atoms with Gasteiger partial charge in [0.25, 0.3) is 0 Å². The molecule has 1 aromatic heterocycles. The summed E-state index contributed by atoms with van der Waals surface area (Å²) in [6, 6.07) is 5.57. The molecule has 0 unspecified atom stereocenters. The minimum absolute atomic E-state index is 0. The first-order valence-corrected chi connectivity index (χ1v) is 7.89. The molecule has 0 spiro atoms. The molecule has 0 aliphatic heterocycles. The van der Waals surface area contributed by atoms with E-state index < -0.39 is 5.82 Å². The summed E-state index contributed by atoms with van der Waals surface area (Å²) in [4.78, 5) is 5.37. The van der Waals surface area contributed by atoms with Gasteiger partial charge in [-0.2, -0.15) is 0 Å². The number of nitrogens with zero attached hydrogens (tertiary/aromatic N) is 1. The van der Waals surface area contributed by atoms with E-state index in [4.69, 9.17) is 0 Å². The lowest BCUT2D eigenvalue weighted by Crippen LogP contribution is -2.37. The van der Waals surface area contributed by atoms with Gasteiger partial charge >= 0.3 is 0 Å². The fourth-order valence-corrected chi connectivity index (χ4v) is 2.87. The molecular weight excluding hydrogens is 431 g/mol. The number of guanidine groups is 1. The normalized spacial score (nSPS) is 11.0. The van der Waals surface area contributed by atoms with E-state index in [0.717, 1.165) is 12.1 Å². The molecular formula is C16H20F2IN3S. The van der Waals surface area contributed by atoms with Gasteiger partial charge in [-0.05, 0) is 54.1 Å². The molecule has 0 aliphatic carbocycles. The van der Waals surface area contributed by atoms with Crippen LogP contribution in [0.4, 0.5) is 8.78 Å². The Kier molecular flexibility index (Phi) is 8.46. The first-order chi connectivity index (χ1) is 10.6. The van der Waals surface area contributed by atoms with E-state index in [1.54, 1.807) is 18.4 Å². The van der Waals surface area contributed by atoms with Crippen LogP contribution in [0.1, 0.15) is 16.0 Å². The van der Waals surface area contributed by atoms with Gasteiger partial charge in [-0.1, -0.05) is 0 Å². The molecule has 2 aromatic rings. The number of benzene rings is 1. The van der Waals surface area contributed by atoms with E-state index in [0.29, 0.717) is 31.0 Å². The number of halogens is 3. The van der Waals surface area contributed by atoms with Crippen molar-refractivity contribution in [3.63, 3.8) is 0 Å². The Bertz CT molecular complexity index is 659. The predicted molar refractivity (Wildman–Crippen MR) is 103 cm³/mol. The van der Waals surface area contributed by atoms with Gasteiger partial charge in [0.15, 0.2) is 5.96 Å². The van der Waals surface area contributed by atoms with Crippen molar-refractivity contribution in [2.24, 2.45) is 4.99 Å². The highest BCUT2D eigenvalue weighted by molar-refractivity contribution is 14.0. The minimum atomic E-state index is -0.424. The molecule has 2 rings (SSSR count). The number of rotatable bonds is 5. The molecule has 0 radical (unpaired) electrons. The van der Waals surface area contributed by atoms with E-state index in [-0.39, 0.29) is 29.8 Å². The van der Waals surface area contributed by atoms with Crippen molar-refractivity contribution in [3.05, 3.63) is 57.3 Å². The Morgan fingerprint density at radius 3 is 2.65 bits per heavy atom. The standard InChI is InChI=1S/C16H19F2N3S.HI/c1-11-6-8-22-15(11)10-21-16(19-2)20-7-5-12-9-13(17)3-4-14(12)18;/h3-4,6,8-9H,5,7,10H2,1-2H3,(H2,19,20,21);1H. The van der Waals surface area contributed by atoms with Gasteiger partial charge in [0, 0.05) is 18.5 Å². The third kappa shape index (κ3) is 6.06. The number of thiophene rings is 1. The number of aliphatic imine (C=N–C) groups is 1. The Morgan fingerprint density at radius 1 is 1.22 bits per heavy atom. The highest BCUT2D eigenvalue weighted by atomic mass is 127. The van der Waals surface area contributed by atoms with Crippen LogP contribution in [0.5, 0.6) is 0 Å². The average Bonchev–Trinajstić information content (AvgIpc) is 2.91. The highest BCUT2D eigenvalue weighted by Gasteiger charge is 2.05. The van der Waals surface area contributed by atoms with E-state index in [9.17, 15) is 8.78 Å². The van der Waals surface area contributed by atoms with E-state index in [1.807, 2.05) is 0 Å². The number of aryl methyl sites for hydroxylation is 1. The average molecular weight is 451 g/mol. The molecule has 1 aromatic carbocycles. The fraction of sp³-hybridized carbons (Fsp3) is 0.312. The van der Waals surface area contributed by atoms with Crippen LogP contribution in [0, 0.1) is 18.6 Å². The van der Waals surface area contributed by atoms with Gasteiger partial charge in [-0.25, -0.2) is 8.78 Å². The molecule has 0 saturated heterocycles. The van der Waals surface area contributed by atoms with Crippen molar-refractivity contribution in [1.82, 2.24) is 10.6 Å². The fourth-order valence-electron chi connectivity index (χ4n) is 2.02. The maximum atomic E-state index is 13.5. The summed E-state index contributed by atoms with van der Waals surface area (Å²) in [5.41, 5.74) is 1.60. The van der Waals surface area contributed by atoms with E-state index >= 15 is 0 Å². The third-order valence-electron chi connectivity index (χ3n) is 3.30. The van der Waals surface area contributed by atoms with Crippen LogP contribution in [0.2, 0.25) is 0 Å². The minimum Gasteiger partial charge on any atom is -0.356 e. The topological polar surface area (TPSA) is 36.4 Å². The summed E-state index contributed by atoms with van der Waals surface area (Å²) in [6.45, 7) is 3.23. The zero-order chi connectivity index (χ0) is 15.9. The second-order valence-electron chi connectivity index (χ2n) is 4.87. The maximum Gasteiger partial charge on any atom is 0.191 e. The van der Waals surface area contributed by atoms with Gasteiger partial charge in [0.1, 0.15) is 11.6 Å². The quantitative estimate of drug-likeness (QED) is 0.412. The van der Waals surface area contributed by atoms with Crippen LogP contribution in [0.15, 0.2) is 34.6 Å². The molecule has 0 amide bonds. The van der Waals surface area contributed by atoms with Crippen LogP contribution in [0.25, 0.3) is 0 Å². The molecule has 0 fully saturated rings. The van der Waals surface area contributed by atoms with Crippen LogP contribution in [0.3, 0.4) is 0 Å². The summed E-state index contributed by atoms with van der Waals surface area (Å²) in [6.07, 6.45) is 0.391. The molecule has 0 bridgehead atoms. The molecule has 1 heterocycles. The maximum absolute atomic E-state index is 13.5. The first kappa shape index (κ1) is 19.8. The molecule has 126 valence electrons. The van der Waals surface area contributed by atoms with Crippen LogP contribution < -0.4 is 10.6 Å². The second-order valence-corrected chi connectivity index (χ2v) is 5.87. The van der Waals surface area contributed by atoms with Crippen molar-refractivity contribution < 1.29 is 8.78 Å². The zero-order valence-electron chi connectivity index (χ0n) is 13.0. The van der Waals surface area contributed by atoms with Gasteiger partial charge in [0.2, 0.25) is 0 Å². The van der Waals surface area contributed by atoms with Gasteiger partial charge in [-0.15, -0.1) is 35.3 Å². The Morgan fingerprint density at radius 2 is 2.00 bits per heavy atom. The monoisotopic (exact) mass is 451 g/mol. The zero-order valence-corrected chi connectivity index (χ0v) is 16.2. The van der Waals surface area contributed by atoms with Crippen LogP contribution >= 0.6 is 35.3 Å². The lowest BCUT2D eigenvalue weighted by Gasteiger charge is -2.12. The smallest absolute Gasteiger partial charge is 0.191 e. The van der Waals surface area contributed by atoms with Crippen molar-refractivity contribution in [2.75, 3.05) is 13.6 Å². The van der Waals surface area contributed by atoms with Crippen molar-refractivity contribution in [2.45, 2.75) is 19.9 Å². The van der Waals surface area contributed by atoms with Gasteiger partial charge < -0.3 is 10.6 Å². The summed E-state index contributed by atoms with van der Waals surface area (Å²) in [5.74, 6) is -0.169. The Labute approximate surface area is 156 Å². The van der Waals surface area contributed by atoms with E-state index in [1.165, 1.54) is 16.5 Å². The number of nitrogens with one attached hydrogen (secondary N) is 2. The van der Waals surface area contributed by atoms with E-state index in [2.05, 4.69) is 34.0 Å². The van der Waals surface area contributed by atoms with Crippen molar-refractivity contribution in [1.29, 1.82) is 0 Å². The Hall–Kier alpha value is -1.22. The second kappa shape index (κ2) is 9.82. The molecule has 2 N–H and O–H groups in total. The molecule has 7 heteroatoms. The molecule has 0 aliphatic rings. The molecule has 0 saturated carbocycles. The van der Waals surface area contributed by atoms with Crippen molar-refractivity contribution in [3.8, 4) is 0 Å². The van der Waals surface area contributed by atoms with Gasteiger partial charge in [0.05, 0.1) is 6.54 Å². The molecule has 23 heavy (non-hydrogen) atoms. The highest BCUT2D eigenvalue weighted by Crippen LogP contribution is 2.14. The first-order valence-electron chi connectivity index (χ1n) is 7.01. The predicted octanol–water partition coefficient (Wildman–Crippen LogP) is 3.86. The lowest BCUT2D eigenvalue weighted by molar-refractivity contribution is 0.583. The molecule has 3 nitrogen and oxygen atoms in total. The summed E-state index contributed by atoms with van der Waals surface area (Å²) < 4.78 is 26.6. The summed E-state index contributed by atoms with van der Waals surface area (Å²) in [7, 11) is 1.68. The molecule has 0 atom stereocenters. The third-order valence-corrected chi connectivity index (χ3v) is 4.33. The summed E-state index contributed by atoms with van der Waals surface area (Å²) >= 11 is 1.69. The summed E-state index contributed by atoms with van der Waals surface area (Å²) in [5, 5.41) is 8.36. The van der Waals surface area contributed by atoms with Crippen molar-refractivity contribution >= 4 is 41.3 Å².